The van der Waals surface area contributed by atoms with Crippen LogP contribution in [0.1, 0.15) is 49.3 Å². The Morgan fingerprint density at radius 1 is 1.26 bits per heavy atom. The first kappa shape index (κ1) is 22.9. The molecule has 0 radical (unpaired) electrons. The van der Waals surface area contributed by atoms with E-state index in [2.05, 4.69) is 15.4 Å². The fraction of sp³-hybridized carbons (Fsp3) is 0.381. The number of aryl methyl sites for hydroxylation is 1. The maximum absolute atomic E-state index is 13.8. The van der Waals surface area contributed by atoms with E-state index in [1.807, 2.05) is 20.8 Å². The van der Waals surface area contributed by atoms with Crippen LogP contribution in [0.2, 0.25) is 5.02 Å². The Bertz CT molecular complexity index is 1220. The molecule has 2 heterocycles. The van der Waals surface area contributed by atoms with Gasteiger partial charge in [-0.3, -0.25) is 9.59 Å². The fourth-order valence-electron chi connectivity index (χ4n) is 2.95. The van der Waals surface area contributed by atoms with Gasteiger partial charge < -0.3 is 10.3 Å². The highest BCUT2D eigenvalue weighted by atomic mass is 35.5. The molecule has 0 unspecified atom stereocenters. The van der Waals surface area contributed by atoms with E-state index in [0.717, 1.165) is 10.1 Å². The van der Waals surface area contributed by atoms with Crippen LogP contribution < -0.4 is 10.9 Å². The predicted molar refractivity (Wildman–Crippen MR) is 112 cm³/mol. The van der Waals surface area contributed by atoms with Crippen LogP contribution in [-0.2, 0) is 6.18 Å². The van der Waals surface area contributed by atoms with Crippen LogP contribution in [-0.4, -0.2) is 26.5 Å². The summed E-state index contributed by atoms with van der Waals surface area (Å²) in [7, 11) is 0. The maximum Gasteiger partial charge on any atom is 0.421 e. The SMILES string of the molecule is Cc1cc(-c2cn3nc(C(=O)N[C@@H](C)C(C)(C)C)c(C(F)(F)F)c3c(=O)[nH]2)ccc1Cl. The molecule has 0 aliphatic carbocycles. The number of nitrogens with one attached hydrogen (secondary N) is 2. The zero-order valence-corrected chi connectivity index (χ0v) is 18.4. The third kappa shape index (κ3) is 4.46. The van der Waals surface area contributed by atoms with Crippen LogP contribution in [0, 0.1) is 12.3 Å². The topological polar surface area (TPSA) is 79.3 Å². The highest BCUT2D eigenvalue weighted by molar-refractivity contribution is 6.31. The van der Waals surface area contributed by atoms with Gasteiger partial charge >= 0.3 is 6.18 Å². The highest BCUT2D eigenvalue weighted by Gasteiger charge is 2.42. The maximum atomic E-state index is 13.8. The molecule has 3 rings (SSSR count). The number of aromatic nitrogens is 3. The molecule has 0 aliphatic rings. The molecule has 0 saturated carbocycles. The van der Waals surface area contributed by atoms with Crippen molar-refractivity contribution in [3.63, 3.8) is 0 Å². The quantitative estimate of drug-likeness (QED) is 0.594. The van der Waals surface area contributed by atoms with Gasteiger partial charge in [0.15, 0.2) is 5.69 Å². The Balaban J connectivity index is 2.20. The van der Waals surface area contributed by atoms with Gasteiger partial charge in [-0.2, -0.15) is 18.3 Å². The van der Waals surface area contributed by atoms with Gasteiger partial charge in [-0.25, -0.2) is 4.52 Å². The monoisotopic (exact) mass is 454 g/mol. The molecule has 2 aromatic heterocycles. The number of H-pyrrole nitrogens is 1. The van der Waals surface area contributed by atoms with Crippen molar-refractivity contribution in [2.24, 2.45) is 5.41 Å². The average Bonchev–Trinajstić information content (AvgIpc) is 3.03. The van der Waals surface area contributed by atoms with Gasteiger partial charge in [0.1, 0.15) is 11.1 Å². The number of carbonyl (C=O) groups excluding carboxylic acids is 1. The van der Waals surface area contributed by atoms with Crippen molar-refractivity contribution in [1.29, 1.82) is 0 Å². The van der Waals surface area contributed by atoms with Crippen molar-refractivity contribution in [1.82, 2.24) is 19.9 Å². The summed E-state index contributed by atoms with van der Waals surface area (Å²) in [5, 5.41) is 6.90. The third-order valence-corrected chi connectivity index (χ3v) is 5.66. The minimum atomic E-state index is -4.95. The van der Waals surface area contributed by atoms with E-state index in [0.29, 0.717) is 10.6 Å². The van der Waals surface area contributed by atoms with Crippen LogP contribution in [0.4, 0.5) is 13.2 Å². The molecule has 0 spiro atoms. The van der Waals surface area contributed by atoms with E-state index < -0.39 is 40.5 Å². The Kier molecular flexibility index (Phi) is 5.69. The first-order valence-corrected chi connectivity index (χ1v) is 9.88. The normalized spacial score (nSPS) is 13.5. The molecule has 6 nitrogen and oxygen atoms in total. The second-order valence-corrected chi connectivity index (χ2v) is 8.94. The van der Waals surface area contributed by atoms with Crippen LogP contribution in [0.25, 0.3) is 16.8 Å². The summed E-state index contributed by atoms with van der Waals surface area (Å²) in [4.78, 5) is 27.8. The summed E-state index contributed by atoms with van der Waals surface area (Å²) >= 11 is 6.02. The largest absolute Gasteiger partial charge is 0.421 e. The lowest BCUT2D eigenvalue weighted by atomic mass is 9.88. The van der Waals surface area contributed by atoms with Gasteiger partial charge in [-0.05, 0) is 42.5 Å². The molecule has 2 N–H and O–H groups in total. The fourth-order valence-corrected chi connectivity index (χ4v) is 3.07. The minimum absolute atomic E-state index is 0.239. The molecule has 1 aromatic carbocycles. The number of hydrogen-bond acceptors (Lipinski definition) is 3. The number of halogens is 4. The minimum Gasteiger partial charge on any atom is -0.348 e. The lowest BCUT2D eigenvalue weighted by Crippen LogP contribution is -2.42. The van der Waals surface area contributed by atoms with Gasteiger partial charge in [0, 0.05) is 11.1 Å². The van der Waals surface area contributed by atoms with Crippen molar-refractivity contribution in [2.45, 2.75) is 46.8 Å². The molecule has 3 aromatic rings. The number of alkyl halides is 3. The Morgan fingerprint density at radius 3 is 2.45 bits per heavy atom. The van der Waals surface area contributed by atoms with E-state index in [1.54, 1.807) is 32.0 Å². The second kappa shape index (κ2) is 7.71. The predicted octanol–water partition coefficient (Wildman–Crippen LogP) is 4.83. The molecule has 0 bridgehead atoms. The first-order chi connectivity index (χ1) is 14.2. The molecule has 0 fully saturated rings. The van der Waals surface area contributed by atoms with Crippen LogP contribution in [0.3, 0.4) is 0 Å². The van der Waals surface area contributed by atoms with Gasteiger partial charge in [0.2, 0.25) is 0 Å². The van der Waals surface area contributed by atoms with Gasteiger partial charge in [0.25, 0.3) is 11.5 Å². The number of fused-ring (bicyclic) bond motifs is 1. The molecular formula is C21H22ClF3N4O2. The summed E-state index contributed by atoms with van der Waals surface area (Å²) in [6, 6.07) is 4.49. The summed E-state index contributed by atoms with van der Waals surface area (Å²) in [6.07, 6.45) is -3.70. The molecule has 0 aliphatic heterocycles. The summed E-state index contributed by atoms with van der Waals surface area (Å²) in [6.45, 7) is 8.98. The van der Waals surface area contributed by atoms with Gasteiger partial charge in [-0.1, -0.05) is 38.4 Å². The zero-order chi connectivity index (χ0) is 23.3. The molecule has 0 saturated heterocycles. The van der Waals surface area contributed by atoms with Crippen molar-refractivity contribution >= 4 is 23.0 Å². The van der Waals surface area contributed by atoms with Crippen molar-refractivity contribution in [2.75, 3.05) is 0 Å². The summed E-state index contributed by atoms with van der Waals surface area (Å²) in [5.41, 5.74) is -2.84. The average molecular weight is 455 g/mol. The summed E-state index contributed by atoms with van der Waals surface area (Å²) < 4.78 is 42.3. The summed E-state index contributed by atoms with van der Waals surface area (Å²) in [5.74, 6) is -0.998. The molecular weight excluding hydrogens is 433 g/mol. The smallest absolute Gasteiger partial charge is 0.348 e. The molecule has 10 heteroatoms. The number of nitrogens with zero attached hydrogens (tertiary/aromatic N) is 2. The molecule has 1 atom stereocenters. The lowest BCUT2D eigenvalue weighted by molar-refractivity contribution is -0.136. The van der Waals surface area contributed by atoms with Crippen molar-refractivity contribution < 1.29 is 18.0 Å². The zero-order valence-electron chi connectivity index (χ0n) is 17.6. The lowest BCUT2D eigenvalue weighted by Gasteiger charge is -2.27. The molecule has 166 valence electrons. The van der Waals surface area contributed by atoms with E-state index >= 15 is 0 Å². The Morgan fingerprint density at radius 2 is 1.90 bits per heavy atom. The standard InChI is InChI=1S/C21H22ClF3N4O2/c1-10-8-12(6-7-13(10)22)14-9-29-17(19(31)27-14)15(21(23,24)25)16(28-29)18(30)26-11(2)20(3,4)5/h6-9,11H,1-5H3,(H,26,30)(H,27,31)/t11-/m0/s1. The highest BCUT2D eigenvalue weighted by Crippen LogP contribution is 2.35. The molecule has 1 amide bonds. The Labute approximate surface area is 181 Å². The van der Waals surface area contributed by atoms with Crippen LogP contribution in [0.5, 0.6) is 0 Å². The number of rotatable bonds is 3. The third-order valence-electron chi connectivity index (χ3n) is 5.24. The Hall–Kier alpha value is -2.81. The van der Waals surface area contributed by atoms with E-state index in [1.165, 1.54) is 6.20 Å². The number of carbonyl (C=O) groups is 1. The number of hydrogen-bond donors (Lipinski definition) is 2. The van der Waals surface area contributed by atoms with Gasteiger partial charge in [0.05, 0.1) is 11.9 Å². The van der Waals surface area contributed by atoms with E-state index in [9.17, 15) is 22.8 Å². The van der Waals surface area contributed by atoms with Gasteiger partial charge in [-0.15, -0.1) is 0 Å². The number of aromatic amines is 1. The van der Waals surface area contributed by atoms with Crippen LogP contribution >= 0.6 is 11.6 Å². The second-order valence-electron chi connectivity index (χ2n) is 8.54. The van der Waals surface area contributed by atoms with Crippen molar-refractivity contribution in [3.05, 3.63) is 56.6 Å². The first-order valence-electron chi connectivity index (χ1n) is 9.50. The number of amides is 1. The number of benzene rings is 1. The van der Waals surface area contributed by atoms with E-state index in [-0.39, 0.29) is 11.1 Å². The van der Waals surface area contributed by atoms with E-state index in [4.69, 9.17) is 11.6 Å². The van der Waals surface area contributed by atoms with Crippen molar-refractivity contribution in [3.8, 4) is 11.3 Å². The van der Waals surface area contributed by atoms with Crippen LogP contribution in [0.15, 0.2) is 29.2 Å². The molecule has 31 heavy (non-hydrogen) atoms.